The largest absolute Gasteiger partial charge is 0.382 e. The molecule has 122 valence electrons. The van der Waals surface area contributed by atoms with Crippen LogP contribution in [0.3, 0.4) is 0 Å². The maximum atomic E-state index is 5.91. The maximum Gasteiger partial charge on any atom is 0.168 e. The molecule has 0 unspecified atom stereocenters. The van der Waals surface area contributed by atoms with Crippen LogP contribution in [0.2, 0.25) is 5.15 Å². The molecule has 0 amide bonds. The van der Waals surface area contributed by atoms with E-state index in [1.165, 1.54) is 0 Å². The summed E-state index contributed by atoms with van der Waals surface area (Å²) in [5.41, 5.74) is 7.54. The Morgan fingerprint density at radius 3 is 2.70 bits per heavy atom. The fourth-order valence-corrected chi connectivity index (χ4v) is 3.52. The molecule has 7 nitrogen and oxygen atoms in total. The maximum absolute atomic E-state index is 5.91. The molecule has 2 fully saturated rings. The Morgan fingerprint density at radius 2 is 1.96 bits per heavy atom. The Kier molecular flexibility index (Phi) is 3.71. The average molecular weight is 336 g/mol. The third kappa shape index (κ3) is 2.80. The zero-order valence-corrected chi connectivity index (χ0v) is 13.4. The Balaban J connectivity index is 1.51. The van der Waals surface area contributed by atoms with Crippen molar-refractivity contribution in [1.82, 2.24) is 20.0 Å². The van der Waals surface area contributed by atoms with Crippen LogP contribution in [0, 0.1) is 0 Å². The summed E-state index contributed by atoms with van der Waals surface area (Å²) in [5.74, 6) is 0.00344. The van der Waals surface area contributed by atoms with Gasteiger partial charge in [-0.25, -0.2) is 0 Å². The van der Waals surface area contributed by atoms with Crippen molar-refractivity contribution in [3.8, 4) is 11.1 Å². The Labute approximate surface area is 138 Å². The number of anilines is 1. The van der Waals surface area contributed by atoms with E-state index >= 15 is 0 Å². The predicted molar refractivity (Wildman–Crippen MR) is 84.8 cm³/mol. The van der Waals surface area contributed by atoms with Crippen molar-refractivity contribution >= 4 is 17.4 Å². The molecule has 1 aliphatic heterocycles. The summed E-state index contributed by atoms with van der Waals surface area (Å²) >= 11 is 5.91. The van der Waals surface area contributed by atoms with Crippen LogP contribution >= 0.6 is 11.6 Å². The Morgan fingerprint density at radius 1 is 1.22 bits per heavy atom. The molecule has 2 aromatic rings. The van der Waals surface area contributed by atoms with E-state index in [1.807, 2.05) is 10.9 Å². The number of nitrogens with two attached hydrogens (primary N) is 1. The van der Waals surface area contributed by atoms with E-state index in [2.05, 4.69) is 15.3 Å². The van der Waals surface area contributed by atoms with E-state index in [4.69, 9.17) is 26.8 Å². The second-order valence-corrected chi connectivity index (χ2v) is 6.40. The lowest BCUT2D eigenvalue weighted by Gasteiger charge is -2.35. The summed E-state index contributed by atoms with van der Waals surface area (Å²) in [7, 11) is 0. The van der Waals surface area contributed by atoms with Gasteiger partial charge in [0.2, 0.25) is 0 Å². The van der Waals surface area contributed by atoms with Crippen LogP contribution in [0.4, 0.5) is 5.82 Å². The summed E-state index contributed by atoms with van der Waals surface area (Å²) in [4.78, 5) is 0. The van der Waals surface area contributed by atoms with Gasteiger partial charge in [-0.3, -0.25) is 4.68 Å². The van der Waals surface area contributed by atoms with Gasteiger partial charge in [0.05, 0.1) is 25.5 Å². The molecule has 1 saturated carbocycles. The smallest absolute Gasteiger partial charge is 0.168 e. The zero-order valence-electron chi connectivity index (χ0n) is 12.6. The number of nitrogens with zero attached hydrogens (tertiary/aromatic N) is 4. The van der Waals surface area contributed by atoms with Crippen LogP contribution in [-0.2, 0) is 9.47 Å². The molecule has 1 aliphatic carbocycles. The zero-order chi connectivity index (χ0) is 15.9. The monoisotopic (exact) mass is 335 g/mol. The fourth-order valence-electron chi connectivity index (χ4n) is 3.38. The minimum atomic E-state index is -0.348. The van der Waals surface area contributed by atoms with Crippen LogP contribution in [-0.4, -0.2) is 39.0 Å². The van der Waals surface area contributed by atoms with E-state index in [9.17, 15) is 0 Å². The highest BCUT2D eigenvalue weighted by atomic mass is 35.5. The number of aromatic nitrogens is 4. The Bertz CT molecular complexity index is 704. The van der Waals surface area contributed by atoms with E-state index in [0.717, 1.165) is 36.8 Å². The van der Waals surface area contributed by atoms with Crippen molar-refractivity contribution < 1.29 is 9.47 Å². The number of halogens is 1. The van der Waals surface area contributed by atoms with Crippen molar-refractivity contribution in [2.75, 3.05) is 18.9 Å². The fraction of sp³-hybridized carbons (Fsp3) is 0.533. The minimum Gasteiger partial charge on any atom is -0.382 e. The molecule has 0 atom stereocenters. The number of rotatable bonds is 2. The van der Waals surface area contributed by atoms with Gasteiger partial charge in [-0.15, -0.1) is 10.2 Å². The van der Waals surface area contributed by atoms with Gasteiger partial charge in [0.15, 0.2) is 16.8 Å². The summed E-state index contributed by atoms with van der Waals surface area (Å²) in [6.07, 6.45) is 7.53. The van der Waals surface area contributed by atoms with Gasteiger partial charge in [-0.1, -0.05) is 11.6 Å². The van der Waals surface area contributed by atoms with Gasteiger partial charge in [0.1, 0.15) is 0 Å². The Hall–Kier alpha value is -1.70. The first kappa shape index (κ1) is 14.9. The van der Waals surface area contributed by atoms with Gasteiger partial charge < -0.3 is 15.2 Å². The quantitative estimate of drug-likeness (QED) is 0.906. The summed E-state index contributed by atoms with van der Waals surface area (Å²) in [5, 5.41) is 12.4. The van der Waals surface area contributed by atoms with Gasteiger partial charge in [-0.2, -0.15) is 5.10 Å². The van der Waals surface area contributed by atoms with Crippen molar-refractivity contribution in [1.29, 1.82) is 0 Å². The van der Waals surface area contributed by atoms with Crippen LogP contribution in [0.25, 0.3) is 11.1 Å². The summed E-state index contributed by atoms with van der Waals surface area (Å²) in [6.45, 7) is 1.40. The molecule has 2 aliphatic rings. The molecule has 2 aromatic heterocycles. The third-order valence-electron chi connectivity index (χ3n) is 4.61. The number of hydrogen-bond donors (Lipinski definition) is 1. The lowest BCUT2D eigenvalue weighted by molar-refractivity contribution is -0.181. The van der Waals surface area contributed by atoms with Gasteiger partial charge >= 0.3 is 0 Å². The van der Waals surface area contributed by atoms with Crippen LogP contribution < -0.4 is 5.73 Å². The molecular formula is C15H18ClN5O2. The predicted octanol–water partition coefficient (Wildman–Crippen LogP) is 2.43. The molecule has 1 saturated heterocycles. The normalized spacial score (nSPS) is 21.1. The summed E-state index contributed by atoms with van der Waals surface area (Å²) < 4.78 is 13.5. The van der Waals surface area contributed by atoms with Crippen molar-refractivity contribution in [3.63, 3.8) is 0 Å². The second kappa shape index (κ2) is 5.74. The van der Waals surface area contributed by atoms with E-state index in [1.54, 1.807) is 12.3 Å². The summed E-state index contributed by atoms with van der Waals surface area (Å²) in [6, 6.07) is 2.05. The lowest BCUT2D eigenvalue weighted by atomic mass is 9.90. The first-order valence-corrected chi connectivity index (χ1v) is 8.14. The highest BCUT2D eigenvalue weighted by Gasteiger charge is 2.40. The van der Waals surface area contributed by atoms with E-state index in [0.29, 0.717) is 30.2 Å². The molecule has 8 heteroatoms. The molecule has 0 radical (unpaired) electrons. The highest BCUT2D eigenvalue weighted by Crippen LogP contribution is 2.40. The molecule has 4 rings (SSSR count). The SMILES string of the molecule is Nc1nnc(Cl)cc1-c1cnn(C2CCC3(CC2)OCCO3)c1. The minimum absolute atomic E-state index is 0.317. The third-order valence-corrected chi connectivity index (χ3v) is 4.79. The van der Waals surface area contributed by atoms with E-state index < -0.39 is 0 Å². The van der Waals surface area contributed by atoms with Crippen LogP contribution in [0.1, 0.15) is 31.7 Å². The number of ether oxygens (including phenoxy) is 2. The van der Waals surface area contributed by atoms with Crippen LogP contribution in [0.5, 0.6) is 0 Å². The first-order chi connectivity index (χ1) is 11.2. The lowest BCUT2D eigenvalue weighted by Crippen LogP contribution is -2.35. The first-order valence-electron chi connectivity index (χ1n) is 7.76. The van der Waals surface area contributed by atoms with Gasteiger partial charge in [0, 0.05) is 30.2 Å². The molecule has 1 spiro atoms. The van der Waals surface area contributed by atoms with Crippen molar-refractivity contribution in [3.05, 3.63) is 23.6 Å². The second-order valence-electron chi connectivity index (χ2n) is 6.01. The molecule has 0 aromatic carbocycles. The van der Waals surface area contributed by atoms with E-state index in [-0.39, 0.29) is 5.79 Å². The van der Waals surface area contributed by atoms with Crippen molar-refractivity contribution in [2.45, 2.75) is 37.5 Å². The van der Waals surface area contributed by atoms with Gasteiger partial charge in [-0.05, 0) is 18.9 Å². The highest BCUT2D eigenvalue weighted by molar-refractivity contribution is 6.29. The van der Waals surface area contributed by atoms with Crippen molar-refractivity contribution in [2.24, 2.45) is 0 Å². The van der Waals surface area contributed by atoms with Crippen LogP contribution in [0.15, 0.2) is 18.5 Å². The number of hydrogen-bond acceptors (Lipinski definition) is 6. The van der Waals surface area contributed by atoms with Gasteiger partial charge in [0.25, 0.3) is 0 Å². The molecule has 23 heavy (non-hydrogen) atoms. The molecule has 0 bridgehead atoms. The standard InChI is InChI=1S/C15H18ClN5O2/c16-13-7-12(14(17)20-19-13)10-8-18-21(9-10)11-1-3-15(4-2-11)22-5-6-23-15/h7-9,11H,1-6H2,(H2,17,20). The molecular weight excluding hydrogens is 318 g/mol. The molecule has 3 heterocycles. The average Bonchev–Trinajstić information content (AvgIpc) is 3.21. The molecule has 2 N–H and O–H groups in total. The topological polar surface area (TPSA) is 88.1 Å². The number of nitrogen functional groups attached to an aromatic ring is 1.